The topological polar surface area (TPSA) is 132 Å². The molecule has 0 bridgehead atoms. The lowest BCUT2D eigenvalue weighted by Crippen LogP contribution is -2.52. The number of ether oxygens (including phenoxy) is 1. The van der Waals surface area contributed by atoms with E-state index in [1.807, 2.05) is 0 Å². The number of carbonyl (C=O) groups excluding carboxylic acids is 2. The highest BCUT2D eigenvalue weighted by molar-refractivity contribution is 5.85. The maximum atomic E-state index is 12.6. The van der Waals surface area contributed by atoms with E-state index < -0.39 is 17.7 Å². The zero-order valence-corrected chi connectivity index (χ0v) is 22.0. The zero-order chi connectivity index (χ0) is 27.2. The highest BCUT2D eigenvalue weighted by Crippen LogP contribution is 2.27. The molecule has 1 aromatic heterocycles. The fourth-order valence-electron chi connectivity index (χ4n) is 3.50. The van der Waals surface area contributed by atoms with Crippen LogP contribution in [0.3, 0.4) is 0 Å². The van der Waals surface area contributed by atoms with Gasteiger partial charge in [0.2, 0.25) is 11.9 Å². The van der Waals surface area contributed by atoms with Crippen molar-refractivity contribution in [1.82, 2.24) is 20.2 Å². The monoisotopic (exact) mass is 503 g/mol. The lowest BCUT2D eigenvalue weighted by molar-refractivity contribution is -0.126. The van der Waals surface area contributed by atoms with Crippen molar-refractivity contribution in [3.8, 4) is 17.9 Å². The number of benzene rings is 1. The molecule has 1 aromatic carbocycles. The normalized spacial score (nSPS) is 17.1. The number of aromatic nitrogens is 2. The average Bonchev–Trinajstić information content (AvgIpc) is 2.84. The second kappa shape index (κ2) is 11.6. The molecule has 1 aliphatic carbocycles. The molecule has 3 rings (SSSR count). The lowest BCUT2D eigenvalue weighted by Gasteiger charge is -2.34. The fraction of sp³-hybridized carbons (Fsp3) is 0.444. The third-order valence-corrected chi connectivity index (χ3v) is 5.83. The predicted molar refractivity (Wildman–Crippen MR) is 141 cm³/mol. The van der Waals surface area contributed by atoms with Gasteiger partial charge in [-0.3, -0.25) is 9.69 Å². The van der Waals surface area contributed by atoms with E-state index in [9.17, 15) is 9.59 Å². The molecule has 194 valence electrons. The molecule has 0 saturated heterocycles. The van der Waals surface area contributed by atoms with Gasteiger partial charge in [0.05, 0.1) is 23.4 Å². The maximum absolute atomic E-state index is 12.6. The van der Waals surface area contributed by atoms with Crippen molar-refractivity contribution in [2.75, 3.05) is 24.7 Å². The molecule has 1 atom stereocenters. The van der Waals surface area contributed by atoms with Crippen molar-refractivity contribution < 1.29 is 14.3 Å². The first kappa shape index (κ1) is 27.3. The van der Waals surface area contributed by atoms with E-state index in [1.54, 1.807) is 72.3 Å². The van der Waals surface area contributed by atoms with Gasteiger partial charge in [0.25, 0.3) is 0 Å². The molecular formula is C27H33N7O3. The molecule has 3 N–H and O–H groups in total. The summed E-state index contributed by atoms with van der Waals surface area (Å²) in [5.74, 6) is 7.31. The van der Waals surface area contributed by atoms with Crippen LogP contribution in [-0.4, -0.2) is 58.6 Å². The smallest absolute Gasteiger partial charge is 0.410 e. The second-order valence-corrected chi connectivity index (χ2v) is 9.93. The van der Waals surface area contributed by atoms with Crippen LogP contribution in [-0.2, 0) is 9.53 Å². The van der Waals surface area contributed by atoms with Crippen LogP contribution in [0.15, 0.2) is 30.5 Å². The van der Waals surface area contributed by atoms with Crippen molar-refractivity contribution in [2.45, 2.75) is 58.2 Å². The number of likely N-dealkylation sites (N-methyl/N-ethyl adjacent to an activating group) is 1. The minimum Gasteiger partial charge on any atom is -0.444 e. The van der Waals surface area contributed by atoms with Crippen molar-refractivity contribution in [2.24, 2.45) is 5.92 Å². The number of hydrogen-bond acceptors (Lipinski definition) is 8. The number of amides is 2. The van der Waals surface area contributed by atoms with Crippen LogP contribution in [0.25, 0.3) is 0 Å². The van der Waals surface area contributed by atoms with Crippen LogP contribution in [0.2, 0.25) is 0 Å². The van der Waals surface area contributed by atoms with Gasteiger partial charge in [-0.05, 0) is 64.8 Å². The Morgan fingerprint density at radius 3 is 2.49 bits per heavy atom. The van der Waals surface area contributed by atoms with Gasteiger partial charge in [0.15, 0.2) is 0 Å². The number of carbonyl (C=O) groups is 2. The molecule has 1 heterocycles. The number of nitriles is 1. The number of anilines is 3. The third kappa shape index (κ3) is 7.58. The molecule has 10 heteroatoms. The Kier molecular flexibility index (Phi) is 8.56. The standard InChI is InChI=1S/C27H33N7O3/c1-17(34(6)26(36)37-27(2,3)4)24(35)31-22-13-19(14-22)7-10-20-16-30-25(33-23(20)29-5)32-21-11-8-18(15-28)9-12-21/h8-9,11-12,16-17,19,22H,13-14H2,1-6H3,(H,31,35)(H2,29,30,32,33)/t17-,19?,22?/m0/s1. The van der Waals surface area contributed by atoms with Gasteiger partial charge in [0.1, 0.15) is 17.5 Å². The Morgan fingerprint density at radius 2 is 1.89 bits per heavy atom. The number of hydrogen-bond donors (Lipinski definition) is 3. The van der Waals surface area contributed by atoms with E-state index in [2.05, 4.69) is 43.8 Å². The van der Waals surface area contributed by atoms with E-state index >= 15 is 0 Å². The minimum absolute atomic E-state index is 0.0142. The SMILES string of the molecule is CNc1nc(Nc2ccc(C#N)cc2)ncc1C#CC1CC(NC(=O)[C@H](C)N(C)C(=O)OC(C)(C)C)C1. The third-order valence-electron chi connectivity index (χ3n) is 5.83. The largest absolute Gasteiger partial charge is 0.444 e. The van der Waals surface area contributed by atoms with Crippen LogP contribution >= 0.6 is 0 Å². The molecule has 2 amide bonds. The van der Waals surface area contributed by atoms with Gasteiger partial charge in [-0.1, -0.05) is 11.8 Å². The van der Waals surface area contributed by atoms with Crippen molar-refractivity contribution in [1.29, 1.82) is 5.26 Å². The van der Waals surface area contributed by atoms with Crippen LogP contribution in [0.5, 0.6) is 0 Å². The minimum atomic E-state index is -0.647. The molecule has 37 heavy (non-hydrogen) atoms. The summed E-state index contributed by atoms with van der Waals surface area (Å²) in [6.07, 6.45) is 2.59. The predicted octanol–water partition coefficient (Wildman–Crippen LogP) is 3.64. The van der Waals surface area contributed by atoms with Gasteiger partial charge in [-0.15, -0.1) is 0 Å². The van der Waals surface area contributed by atoms with Gasteiger partial charge in [-0.2, -0.15) is 10.2 Å². The molecule has 10 nitrogen and oxygen atoms in total. The van der Waals surface area contributed by atoms with Crippen LogP contribution < -0.4 is 16.0 Å². The number of rotatable bonds is 6. The van der Waals surface area contributed by atoms with Crippen LogP contribution in [0, 0.1) is 29.1 Å². The van der Waals surface area contributed by atoms with Gasteiger partial charge < -0.3 is 20.7 Å². The molecule has 1 saturated carbocycles. The molecule has 1 fully saturated rings. The van der Waals surface area contributed by atoms with E-state index in [0.717, 1.165) is 18.5 Å². The van der Waals surface area contributed by atoms with Gasteiger partial charge in [-0.25, -0.2) is 9.78 Å². The average molecular weight is 504 g/mol. The fourth-order valence-corrected chi connectivity index (χ4v) is 3.50. The summed E-state index contributed by atoms with van der Waals surface area (Å²) in [5, 5.41) is 18.1. The van der Waals surface area contributed by atoms with E-state index in [4.69, 9.17) is 10.00 Å². The highest BCUT2D eigenvalue weighted by atomic mass is 16.6. The molecule has 1 aliphatic rings. The van der Waals surface area contributed by atoms with E-state index in [0.29, 0.717) is 22.9 Å². The van der Waals surface area contributed by atoms with Gasteiger partial charge in [0, 0.05) is 31.7 Å². The Balaban J connectivity index is 1.52. The Hall–Kier alpha value is -4.31. The summed E-state index contributed by atoms with van der Waals surface area (Å²) in [6, 6.07) is 8.46. The summed E-state index contributed by atoms with van der Waals surface area (Å²) in [5.41, 5.74) is 1.40. The first-order valence-electron chi connectivity index (χ1n) is 12.1. The quantitative estimate of drug-likeness (QED) is 0.509. The van der Waals surface area contributed by atoms with Crippen molar-refractivity contribution in [3.05, 3.63) is 41.6 Å². The Morgan fingerprint density at radius 1 is 1.22 bits per heavy atom. The second-order valence-electron chi connectivity index (χ2n) is 9.93. The molecule has 0 radical (unpaired) electrons. The number of nitrogens with zero attached hydrogens (tertiary/aromatic N) is 4. The van der Waals surface area contributed by atoms with Crippen molar-refractivity contribution >= 4 is 29.5 Å². The van der Waals surface area contributed by atoms with E-state index in [1.165, 1.54) is 4.90 Å². The van der Waals surface area contributed by atoms with Crippen molar-refractivity contribution in [3.63, 3.8) is 0 Å². The van der Waals surface area contributed by atoms with Gasteiger partial charge >= 0.3 is 6.09 Å². The molecular weight excluding hydrogens is 470 g/mol. The summed E-state index contributed by atoms with van der Waals surface area (Å²) in [4.78, 5) is 34.9. The Labute approximate surface area is 217 Å². The van der Waals surface area contributed by atoms with Crippen LogP contribution in [0.4, 0.5) is 22.2 Å². The Bertz CT molecular complexity index is 1230. The zero-order valence-electron chi connectivity index (χ0n) is 22.0. The first-order valence-corrected chi connectivity index (χ1v) is 12.1. The molecule has 0 aliphatic heterocycles. The van der Waals surface area contributed by atoms with Crippen LogP contribution in [0.1, 0.15) is 51.7 Å². The summed E-state index contributed by atoms with van der Waals surface area (Å²) >= 11 is 0. The number of nitrogens with one attached hydrogen (secondary N) is 3. The molecule has 2 aromatic rings. The van der Waals surface area contributed by atoms with E-state index in [-0.39, 0.29) is 17.9 Å². The molecule has 0 spiro atoms. The molecule has 0 unspecified atom stereocenters. The lowest BCUT2D eigenvalue weighted by atomic mass is 9.80. The summed E-state index contributed by atoms with van der Waals surface area (Å²) in [6.45, 7) is 7.03. The summed E-state index contributed by atoms with van der Waals surface area (Å²) in [7, 11) is 3.32. The highest BCUT2D eigenvalue weighted by Gasteiger charge is 2.32. The maximum Gasteiger partial charge on any atom is 0.410 e. The summed E-state index contributed by atoms with van der Waals surface area (Å²) < 4.78 is 5.33. The first-order chi connectivity index (χ1) is 17.5.